The average molecular weight is 517 g/mol. The summed E-state index contributed by atoms with van der Waals surface area (Å²) in [5, 5.41) is 11.8. The van der Waals surface area contributed by atoms with Crippen LogP contribution in [0.1, 0.15) is 119 Å². The summed E-state index contributed by atoms with van der Waals surface area (Å²) in [4.78, 5) is 0. The molecule has 0 aromatic heterocycles. The zero-order valence-corrected chi connectivity index (χ0v) is 25.8. The minimum absolute atomic E-state index is 0.0912. The number of hydrogen-bond donors (Lipinski definition) is 1. The van der Waals surface area contributed by atoms with Crippen LogP contribution >= 0.6 is 0 Å². The first-order valence-corrected chi connectivity index (χ1v) is 16.2. The van der Waals surface area contributed by atoms with Crippen LogP contribution in [0.4, 0.5) is 0 Å². The van der Waals surface area contributed by atoms with Gasteiger partial charge in [0.15, 0.2) is 0 Å². The lowest BCUT2D eigenvalue weighted by Gasteiger charge is -2.73. The van der Waals surface area contributed by atoms with Crippen molar-refractivity contribution in [2.24, 2.45) is 62.6 Å². The monoisotopic (exact) mass is 516 g/mol. The minimum Gasteiger partial charge on any atom is -0.388 e. The molecule has 0 heterocycles. The Morgan fingerprint density at radius 2 is 1.50 bits per heavy atom. The van der Waals surface area contributed by atoms with Crippen molar-refractivity contribution in [3.05, 3.63) is 41.5 Å². The van der Waals surface area contributed by atoms with Crippen LogP contribution in [0.3, 0.4) is 0 Å². The lowest BCUT2D eigenvalue weighted by atomic mass is 9.32. The van der Waals surface area contributed by atoms with Crippen molar-refractivity contribution >= 4 is 6.08 Å². The molecule has 210 valence electrons. The molecule has 1 heteroatoms. The summed E-state index contributed by atoms with van der Waals surface area (Å²) >= 11 is 0. The molecule has 0 spiro atoms. The van der Waals surface area contributed by atoms with E-state index in [0.29, 0.717) is 22.2 Å². The fourth-order valence-corrected chi connectivity index (χ4v) is 12.7. The molecule has 5 aliphatic rings. The molecule has 1 aromatic rings. The van der Waals surface area contributed by atoms with Crippen molar-refractivity contribution in [3.63, 3.8) is 0 Å². The number of aliphatic hydroxyl groups is 1. The number of hydrogen-bond acceptors (Lipinski definition) is 1. The maximum Gasteiger partial charge on any atom is 0.0807 e. The Hall–Kier alpha value is -1.08. The highest BCUT2D eigenvalue weighted by Gasteiger charge is 2.70. The molecule has 0 bridgehead atoms. The van der Waals surface area contributed by atoms with Crippen molar-refractivity contribution in [3.8, 4) is 0 Å². The third-order valence-electron chi connectivity index (χ3n) is 14.7. The fraction of sp³-hybridized carbons (Fsp3) is 0.784. The summed E-state index contributed by atoms with van der Waals surface area (Å²) in [7, 11) is 0. The molecule has 5 saturated carbocycles. The molecule has 0 amide bonds. The van der Waals surface area contributed by atoms with Gasteiger partial charge in [0.25, 0.3) is 0 Å². The van der Waals surface area contributed by atoms with Crippen molar-refractivity contribution < 1.29 is 5.11 Å². The normalized spacial score (nSPS) is 50.7. The van der Waals surface area contributed by atoms with Gasteiger partial charge in [-0.25, -0.2) is 0 Å². The molecular weight excluding hydrogens is 460 g/mol. The molecule has 0 saturated heterocycles. The molecule has 1 aromatic carbocycles. The second kappa shape index (κ2) is 8.71. The van der Waals surface area contributed by atoms with E-state index in [4.69, 9.17) is 0 Å². The smallest absolute Gasteiger partial charge is 0.0807 e. The quantitative estimate of drug-likeness (QED) is 0.415. The molecule has 1 N–H and O–H groups in total. The first-order chi connectivity index (χ1) is 17.8. The molecule has 10 unspecified atom stereocenters. The Kier molecular flexibility index (Phi) is 6.21. The Bertz CT molecular complexity index is 1080. The summed E-state index contributed by atoms with van der Waals surface area (Å²) < 4.78 is 0. The second-order valence-corrected chi connectivity index (χ2v) is 16.8. The highest BCUT2D eigenvalue weighted by molar-refractivity contribution is 5.55. The summed E-state index contributed by atoms with van der Waals surface area (Å²) in [6.07, 6.45) is 14.3. The maximum atomic E-state index is 11.8. The molecule has 6 rings (SSSR count). The average Bonchev–Trinajstić information content (AvgIpc) is 3.21. The van der Waals surface area contributed by atoms with E-state index in [-0.39, 0.29) is 16.9 Å². The number of fused-ring (bicyclic) bond motifs is 7. The van der Waals surface area contributed by atoms with Crippen LogP contribution in [0, 0.1) is 62.6 Å². The topological polar surface area (TPSA) is 20.2 Å². The van der Waals surface area contributed by atoms with Crippen molar-refractivity contribution in [1.82, 2.24) is 0 Å². The van der Waals surface area contributed by atoms with Gasteiger partial charge in [-0.05, 0) is 132 Å². The van der Waals surface area contributed by atoms with Gasteiger partial charge >= 0.3 is 0 Å². The van der Waals surface area contributed by atoms with Crippen molar-refractivity contribution in [2.75, 3.05) is 0 Å². The molecule has 10 atom stereocenters. The van der Waals surface area contributed by atoms with Gasteiger partial charge in [-0.15, -0.1) is 0 Å². The zero-order valence-electron chi connectivity index (χ0n) is 25.8. The molecule has 0 radical (unpaired) electrons. The van der Waals surface area contributed by atoms with Gasteiger partial charge in [-0.3, -0.25) is 0 Å². The SMILES string of the molecule is CC(C)C1CCC2(C)CCC3(C)C(CCC4C5(C)CC(=Cc6ccccc6)C(O)C(C)(C)C5CCC43C)C12. The summed E-state index contributed by atoms with van der Waals surface area (Å²) in [6.45, 7) is 20.7. The standard InChI is InChI=1S/C37H56O/c1-24(2)27-16-18-34(5)20-21-36(7)28(31(27)34)14-15-30-35(6)23-26(22-25-12-10-9-11-13-25)32(38)33(3,4)29(35)17-19-37(30,36)8/h9-13,22,24,27-32,38H,14-21,23H2,1-8H3. The maximum absolute atomic E-state index is 11.8. The minimum atomic E-state index is -0.349. The van der Waals surface area contributed by atoms with Crippen molar-refractivity contribution in [1.29, 1.82) is 0 Å². The van der Waals surface area contributed by atoms with Gasteiger partial charge in [-0.1, -0.05) is 91.8 Å². The molecule has 1 nitrogen and oxygen atoms in total. The third-order valence-corrected chi connectivity index (χ3v) is 14.7. The van der Waals surface area contributed by atoms with Crippen LogP contribution in [0.2, 0.25) is 0 Å². The predicted octanol–water partition coefficient (Wildman–Crippen LogP) is 9.80. The van der Waals surface area contributed by atoms with E-state index in [2.05, 4.69) is 91.8 Å². The van der Waals surface area contributed by atoms with E-state index in [1.54, 1.807) is 0 Å². The van der Waals surface area contributed by atoms with Gasteiger partial charge in [0.2, 0.25) is 0 Å². The molecule has 5 fully saturated rings. The van der Waals surface area contributed by atoms with Crippen molar-refractivity contribution in [2.45, 2.75) is 119 Å². The van der Waals surface area contributed by atoms with Crippen LogP contribution in [0.5, 0.6) is 0 Å². The zero-order chi connectivity index (χ0) is 27.3. The molecule has 38 heavy (non-hydrogen) atoms. The van der Waals surface area contributed by atoms with Gasteiger partial charge in [0.1, 0.15) is 0 Å². The Labute approximate surface area is 234 Å². The number of benzene rings is 1. The predicted molar refractivity (Wildman–Crippen MR) is 160 cm³/mol. The first-order valence-electron chi connectivity index (χ1n) is 16.2. The molecular formula is C37H56O. The number of rotatable bonds is 2. The van der Waals surface area contributed by atoms with Gasteiger partial charge in [0.05, 0.1) is 6.10 Å². The molecule has 5 aliphatic carbocycles. The first kappa shape index (κ1) is 27.1. The lowest BCUT2D eigenvalue weighted by Crippen LogP contribution is -2.66. The Morgan fingerprint density at radius 1 is 0.789 bits per heavy atom. The van der Waals surface area contributed by atoms with E-state index in [9.17, 15) is 5.11 Å². The highest BCUT2D eigenvalue weighted by Crippen LogP contribution is 2.77. The van der Waals surface area contributed by atoms with E-state index in [0.717, 1.165) is 36.0 Å². The largest absolute Gasteiger partial charge is 0.388 e. The van der Waals surface area contributed by atoms with Gasteiger partial charge < -0.3 is 5.11 Å². The number of aliphatic hydroxyl groups excluding tert-OH is 1. The van der Waals surface area contributed by atoms with Crippen LogP contribution in [-0.4, -0.2) is 11.2 Å². The highest BCUT2D eigenvalue weighted by atomic mass is 16.3. The second-order valence-electron chi connectivity index (χ2n) is 16.8. The van der Waals surface area contributed by atoms with Crippen LogP contribution < -0.4 is 0 Å². The van der Waals surface area contributed by atoms with Gasteiger partial charge in [0, 0.05) is 0 Å². The van der Waals surface area contributed by atoms with E-state index >= 15 is 0 Å². The summed E-state index contributed by atoms with van der Waals surface area (Å²) in [5.41, 5.74) is 4.08. The van der Waals surface area contributed by atoms with Crippen LogP contribution in [-0.2, 0) is 0 Å². The third kappa shape index (κ3) is 3.51. The Balaban J connectivity index is 1.40. The van der Waals surface area contributed by atoms with Gasteiger partial charge in [-0.2, -0.15) is 0 Å². The Morgan fingerprint density at radius 3 is 2.18 bits per heavy atom. The van der Waals surface area contributed by atoms with E-state index in [1.807, 2.05) is 0 Å². The fourth-order valence-electron chi connectivity index (χ4n) is 12.7. The van der Waals surface area contributed by atoms with E-state index in [1.165, 1.54) is 62.5 Å². The lowest BCUT2D eigenvalue weighted by molar-refractivity contribution is -0.240. The van der Waals surface area contributed by atoms with Crippen LogP contribution in [0.15, 0.2) is 35.9 Å². The van der Waals surface area contributed by atoms with E-state index < -0.39 is 0 Å². The summed E-state index contributed by atoms with van der Waals surface area (Å²) in [5.74, 6) is 4.86. The van der Waals surface area contributed by atoms with Crippen LogP contribution in [0.25, 0.3) is 6.08 Å². The summed E-state index contributed by atoms with van der Waals surface area (Å²) in [6, 6.07) is 10.7. The molecule has 0 aliphatic heterocycles.